The average Bonchev–Trinajstić information content (AvgIpc) is 2.52. The Labute approximate surface area is 126 Å². The van der Waals surface area contributed by atoms with Crippen LogP contribution in [0.25, 0.3) is 10.9 Å². The number of pyridine rings is 1. The van der Waals surface area contributed by atoms with E-state index in [0.717, 1.165) is 37.1 Å². The summed E-state index contributed by atoms with van der Waals surface area (Å²) in [5.74, 6) is 0.914. The van der Waals surface area contributed by atoms with Gasteiger partial charge in [0.05, 0.1) is 12.6 Å². The van der Waals surface area contributed by atoms with Crippen molar-refractivity contribution in [1.29, 1.82) is 0 Å². The molecule has 21 heavy (non-hydrogen) atoms. The van der Waals surface area contributed by atoms with Crippen LogP contribution in [0.1, 0.15) is 43.0 Å². The van der Waals surface area contributed by atoms with Crippen LogP contribution in [0.4, 0.5) is 5.69 Å². The number of hydrogen-bond acceptors (Lipinski definition) is 3. The highest BCUT2D eigenvalue weighted by Gasteiger charge is 2.19. The molecule has 3 nitrogen and oxygen atoms in total. The maximum Gasteiger partial charge on any atom is 0.119 e. The second-order valence-electron chi connectivity index (χ2n) is 5.89. The predicted molar refractivity (Wildman–Crippen MR) is 88.5 cm³/mol. The van der Waals surface area contributed by atoms with Crippen molar-refractivity contribution in [2.24, 2.45) is 0 Å². The Morgan fingerprint density at radius 2 is 2.05 bits per heavy atom. The fraction of sp³-hybridized carbons (Fsp3) is 0.500. The van der Waals surface area contributed by atoms with Crippen molar-refractivity contribution < 1.29 is 4.74 Å². The first-order valence-corrected chi connectivity index (χ1v) is 7.98. The molecule has 3 heteroatoms. The number of anilines is 1. The van der Waals surface area contributed by atoms with Crippen molar-refractivity contribution in [3.63, 3.8) is 0 Å². The minimum absolute atomic E-state index is 0.914. The van der Waals surface area contributed by atoms with E-state index in [-0.39, 0.29) is 0 Å². The number of rotatable bonds is 4. The van der Waals surface area contributed by atoms with E-state index >= 15 is 0 Å². The first-order chi connectivity index (χ1) is 10.2. The van der Waals surface area contributed by atoms with Crippen LogP contribution in [0.15, 0.2) is 12.1 Å². The normalized spacial score (nSPS) is 14.0. The fourth-order valence-electron chi connectivity index (χ4n) is 3.23. The number of aryl methyl sites for hydroxylation is 2. The number of ether oxygens (including phenoxy) is 1. The molecule has 1 aliphatic rings. The number of fused-ring (bicyclic) bond motifs is 2. The monoisotopic (exact) mass is 284 g/mol. The van der Waals surface area contributed by atoms with Gasteiger partial charge >= 0.3 is 0 Å². The third kappa shape index (κ3) is 2.57. The van der Waals surface area contributed by atoms with Gasteiger partial charge < -0.3 is 10.1 Å². The van der Waals surface area contributed by atoms with Crippen LogP contribution in [0.3, 0.4) is 0 Å². The average molecular weight is 284 g/mol. The number of hydrogen-bond donors (Lipinski definition) is 1. The maximum atomic E-state index is 5.45. The highest BCUT2D eigenvalue weighted by Crippen LogP contribution is 2.36. The Bertz CT molecular complexity index is 664. The minimum atomic E-state index is 0.914. The largest absolute Gasteiger partial charge is 0.497 e. The molecule has 3 rings (SSSR count). The first kappa shape index (κ1) is 14.2. The van der Waals surface area contributed by atoms with Crippen molar-refractivity contribution >= 4 is 16.6 Å². The predicted octanol–water partition coefficient (Wildman–Crippen LogP) is 4.25. The van der Waals surface area contributed by atoms with Crippen LogP contribution in [0.2, 0.25) is 0 Å². The summed E-state index contributed by atoms with van der Waals surface area (Å²) in [6.07, 6.45) is 5.90. The molecule has 112 valence electrons. The third-order valence-electron chi connectivity index (χ3n) is 4.32. The molecule has 0 bridgehead atoms. The Kier molecular flexibility index (Phi) is 4.00. The molecule has 0 radical (unpaired) electrons. The lowest BCUT2D eigenvalue weighted by molar-refractivity contribution is 0.415. The van der Waals surface area contributed by atoms with Crippen LogP contribution >= 0.6 is 0 Å². The number of methoxy groups -OCH3 is 1. The second kappa shape index (κ2) is 5.92. The summed E-state index contributed by atoms with van der Waals surface area (Å²) in [7, 11) is 1.73. The summed E-state index contributed by atoms with van der Waals surface area (Å²) < 4.78 is 5.45. The number of nitrogens with zero attached hydrogens (tertiary/aromatic N) is 1. The zero-order chi connectivity index (χ0) is 14.8. The van der Waals surface area contributed by atoms with E-state index in [1.54, 1.807) is 7.11 Å². The molecule has 1 aromatic carbocycles. The maximum absolute atomic E-state index is 5.45. The van der Waals surface area contributed by atoms with Crippen molar-refractivity contribution in [3.05, 3.63) is 29.0 Å². The highest BCUT2D eigenvalue weighted by atomic mass is 16.5. The summed E-state index contributed by atoms with van der Waals surface area (Å²) in [4.78, 5) is 4.96. The second-order valence-corrected chi connectivity index (χ2v) is 5.89. The van der Waals surface area contributed by atoms with E-state index in [0.29, 0.717) is 0 Å². The number of aromatic nitrogens is 1. The van der Waals surface area contributed by atoms with Gasteiger partial charge in [0, 0.05) is 23.3 Å². The van der Waals surface area contributed by atoms with Gasteiger partial charge in [-0.3, -0.25) is 4.98 Å². The van der Waals surface area contributed by atoms with Gasteiger partial charge in [0.25, 0.3) is 0 Å². The van der Waals surface area contributed by atoms with E-state index < -0.39 is 0 Å². The van der Waals surface area contributed by atoms with Crippen LogP contribution in [-0.4, -0.2) is 18.6 Å². The Balaban J connectivity index is 2.26. The summed E-state index contributed by atoms with van der Waals surface area (Å²) in [5, 5.41) is 4.86. The first-order valence-electron chi connectivity index (χ1n) is 7.98. The lowest BCUT2D eigenvalue weighted by Gasteiger charge is -2.22. The quantitative estimate of drug-likeness (QED) is 0.911. The molecule has 0 amide bonds. The van der Waals surface area contributed by atoms with Gasteiger partial charge in [0.1, 0.15) is 5.75 Å². The van der Waals surface area contributed by atoms with Crippen molar-refractivity contribution in [1.82, 2.24) is 4.98 Å². The molecule has 1 aliphatic carbocycles. The lowest BCUT2D eigenvalue weighted by Crippen LogP contribution is -2.12. The van der Waals surface area contributed by atoms with Crippen LogP contribution in [0, 0.1) is 6.92 Å². The van der Waals surface area contributed by atoms with E-state index in [9.17, 15) is 0 Å². The van der Waals surface area contributed by atoms with Crippen LogP contribution < -0.4 is 10.1 Å². The van der Waals surface area contributed by atoms with Gasteiger partial charge in [-0.05, 0) is 62.3 Å². The molecule has 0 spiro atoms. The molecule has 0 aliphatic heterocycles. The summed E-state index contributed by atoms with van der Waals surface area (Å²) in [5.41, 5.74) is 6.32. The van der Waals surface area contributed by atoms with Gasteiger partial charge in [-0.15, -0.1) is 0 Å². The van der Waals surface area contributed by atoms with Crippen LogP contribution in [0.5, 0.6) is 5.75 Å². The molecule has 1 heterocycles. The molecule has 0 saturated carbocycles. The highest BCUT2D eigenvalue weighted by molar-refractivity contribution is 5.96. The van der Waals surface area contributed by atoms with Crippen molar-refractivity contribution in [3.8, 4) is 5.75 Å². The van der Waals surface area contributed by atoms with Gasteiger partial charge in [0.15, 0.2) is 0 Å². The third-order valence-corrected chi connectivity index (χ3v) is 4.32. The van der Waals surface area contributed by atoms with Crippen molar-refractivity contribution in [2.75, 3.05) is 19.0 Å². The molecule has 0 fully saturated rings. The molecule has 1 aromatic heterocycles. The van der Waals surface area contributed by atoms with Gasteiger partial charge in [-0.25, -0.2) is 0 Å². The Morgan fingerprint density at radius 3 is 2.81 bits per heavy atom. The van der Waals surface area contributed by atoms with E-state index in [1.807, 2.05) is 0 Å². The number of benzene rings is 1. The molecule has 1 N–H and O–H groups in total. The van der Waals surface area contributed by atoms with E-state index in [4.69, 9.17) is 9.72 Å². The standard InChI is InChI=1S/C18H24N2O/c1-4-9-19-18-14-7-5-6-8-16(14)20-17-12(2)10-13(21-3)11-15(17)18/h10-11H,4-9H2,1-3H3,(H,19,20). The van der Waals surface area contributed by atoms with Gasteiger partial charge in [-0.2, -0.15) is 0 Å². The Morgan fingerprint density at radius 1 is 1.24 bits per heavy atom. The summed E-state index contributed by atoms with van der Waals surface area (Å²) in [6, 6.07) is 4.20. The van der Waals surface area contributed by atoms with Crippen LogP contribution in [-0.2, 0) is 12.8 Å². The topological polar surface area (TPSA) is 34.2 Å². The zero-order valence-electron chi connectivity index (χ0n) is 13.3. The summed E-state index contributed by atoms with van der Waals surface area (Å²) >= 11 is 0. The van der Waals surface area contributed by atoms with Gasteiger partial charge in [0.2, 0.25) is 0 Å². The smallest absolute Gasteiger partial charge is 0.119 e. The minimum Gasteiger partial charge on any atom is -0.497 e. The molecule has 0 unspecified atom stereocenters. The lowest BCUT2D eigenvalue weighted by atomic mass is 9.92. The zero-order valence-corrected chi connectivity index (χ0v) is 13.3. The Hall–Kier alpha value is -1.77. The fourth-order valence-corrected chi connectivity index (χ4v) is 3.23. The van der Waals surface area contributed by atoms with E-state index in [1.165, 1.54) is 40.7 Å². The van der Waals surface area contributed by atoms with E-state index in [2.05, 4.69) is 31.3 Å². The van der Waals surface area contributed by atoms with Crippen molar-refractivity contribution in [2.45, 2.75) is 46.0 Å². The summed E-state index contributed by atoms with van der Waals surface area (Å²) in [6.45, 7) is 5.33. The number of nitrogens with one attached hydrogen (secondary N) is 1. The molecular formula is C18H24N2O. The molecule has 0 saturated heterocycles. The van der Waals surface area contributed by atoms with Gasteiger partial charge in [-0.1, -0.05) is 6.92 Å². The SMILES string of the molecule is CCCNc1c2c(nc3c(C)cc(OC)cc13)CCCC2. The molecule has 0 atom stereocenters. The molecular weight excluding hydrogens is 260 g/mol. The molecule has 2 aromatic rings.